The molecule has 0 aromatic carbocycles. The number of hydrogen-bond donors (Lipinski definition) is 1. The monoisotopic (exact) mass is 285 g/mol. The van der Waals surface area contributed by atoms with Gasteiger partial charge in [-0.25, -0.2) is 9.97 Å². The van der Waals surface area contributed by atoms with Gasteiger partial charge < -0.3 is 5.32 Å². The molecule has 7 heteroatoms. The lowest BCUT2D eigenvalue weighted by Crippen LogP contribution is -2.24. The topological polar surface area (TPSA) is 72.9 Å². The van der Waals surface area contributed by atoms with E-state index in [0.717, 1.165) is 36.5 Å². The van der Waals surface area contributed by atoms with Crippen molar-refractivity contribution in [2.75, 3.05) is 5.32 Å². The van der Waals surface area contributed by atoms with Gasteiger partial charge in [0.05, 0.1) is 12.7 Å². The molecule has 3 heterocycles. The Kier molecular flexibility index (Phi) is 3.81. The minimum Gasteiger partial charge on any atom is -0.366 e. The molecule has 0 saturated heterocycles. The van der Waals surface area contributed by atoms with Crippen LogP contribution in [0.4, 0.5) is 5.82 Å². The molecule has 0 bridgehead atoms. The van der Waals surface area contributed by atoms with Gasteiger partial charge >= 0.3 is 0 Å². The summed E-state index contributed by atoms with van der Waals surface area (Å²) < 4.78 is 3.64. The van der Waals surface area contributed by atoms with Crippen molar-refractivity contribution < 1.29 is 0 Å². The van der Waals surface area contributed by atoms with Crippen LogP contribution in [0.5, 0.6) is 0 Å². The van der Waals surface area contributed by atoms with E-state index >= 15 is 0 Å². The molecular weight excluding hydrogens is 266 g/mol. The molecular formula is C14H19N7. The van der Waals surface area contributed by atoms with Gasteiger partial charge in [-0.1, -0.05) is 13.3 Å². The first-order chi connectivity index (χ1) is 10.3. The lowest BCUT2D eigenvalue weighted by molar-refractivity contribution is 0.557. The van der Waals surface area contributed by atoms with Crippen LogP contribution >= 0.6 is 0 Å². The fraction of sp³-hybridized carbons (Fsp3) is 0.429. The van der Waals surface area contributed by atoms with E-state index in [4.69, 9.17) is 0 Å². The Morgan fingerprint density at radius 3 is 3.00 bits per heavy atom. The van der Waals surface area contributed by atoms with Gasteiger partial charge in [0.25, 0.3) is 0 Å². The van der Waals surface area contributed by atoms with Crippen LogP contribution in [0.25, 0.3) is 5.65 Å². The maximum Gasteiger partial charge on any atom is 0.157 e. The number of anilines is 1. The fourth-order valence-electron chi connectivity index (χ4n) is 2.36. The van der Waals surface area contributed by atoms with E-state index in [1.807, 2.05) is 15.3 Å². The average Bonchev–Trinajstić information content (AvgIpc) is 3.09. The van der Waals surface area contributed by atoms with Crippen LogP contribution in [0, 0.1) is 0 Å². The highest BCUT2D eigenvalue weighted by molar-refractivity contribution is 5.49. The van der Waals surface area contributed by atoms with Crippen molar-refractivity contribution in [2.24, 2.45) is 0 Å². The maximum absolute atomic E-state index is 4.60. The molecule has 3 aromatic rings. The highest BCUT2D eigenvalue weighted by atomic mass is 15.3. The minimum absolute atomic E-state index is 0.205. The predicted octanol–water partition coefficient (Wildman–Crippen LogP) is 1.77. The fourth-order valence-corrected chi connectivity index (χ4v) is 2.36. The van der Waals surface area contributed by atoms with Crippen molar-refractivity contribution in [3.05, 3.63) is 36.7 Å². The van der Waals surface area contributed by atoms with Crippen molar-refractivity contribution in [1.82, 2.24) is 29.4 Å². The summed E-state index contributed by atoms with van der Waals surface area (Å²) in [5, 5.41) is 11.9. The normalized spacial score (nSPS) is 12.7. The Balaban J connectivity index is 1.83. The Labute approximate surface area is 123 Å². The highest BCUT2D eigenvalue weighted by Crippen LogP contribution is 2.15. The number of fused-ring (bicyclic) bond motifs is 1. The van der Waals surface area contributed by atoms with Crippen molar-refractivity contribution >= 4 is 11.5 Å². The summed E-state index contributed by atoms with van der Waals surface area (Å²) >= 11 is 0. The Hall–Kier alpha value is -2.44. The molecule has 110 valence electrons. The molecule has 0 aliphatic rings. The molecule has 0 aliphatic heterocycles. The van der Waals surface area contributed by atoms with Gasteiger partial charge in [-0.3, -0.25) is 4.68 Å². The summed E-state index contributed by atoms with van der Waals surface area (Å²) in [4.78, 5) is 8.56. The van der Waals surface area contributed by atoms with E-state index in [2.05, 4.69) is 45.4 Å². The standard InChI is InChI=1S/C14H19N7/c1-3-4-12-7-14(21-13(19-12)5-6-16-21)18-11(2)8-20-10-15-9-17-20/h5-7,9-11,18H,3-4,8H2,1-2H3/t11-/m0/s1. The van der Waals surface area contributed by atoms with Crippen LogP contribution in [0.1, 0.15) is 26.0 Å². The van der Waals surface area contributed by atoms with Gasteiger partial charge in [0, 0.05) is 23.9 Å². The quantitative estimate of drug-likeness (QED) is 0.747. The summed E-state index contributed by atoms with van der Waals surface area (Å²) in [5.74, 6) is 0.959. The third kappa shape index (κ3) is 3.01. The molecule has 21 heavy (non-hydrogen) atoms. The van der Waals surface area contributed by atoms with E-state index in [0.29, 0.717) is 0 Å². The summed E-state index contributed by atoms with van der Waals surface area (Å²) in [7, 11) is 0. The molecule has 0 saturated carbocycles. The molecule has 1 N–H and O–H groups in total. The van der Waals surface area contributed by atoms with E-state index in [1.54, 1.807) is 18.9 Å². The van der Waals surface area contributed by atoms with Crippen LogP contribution in [0.3, 0.4) is 0 Å². The second-order valence-electron chi connectivity index (χ2n) is 5.15. The van der Waals surface area contributed by atoms with Crippen molar-refractivity contribution in [3.8, 4) is 0 Å². The second-order valence-corrected chi connectivity index (χ2v) is 5.15. The molecule has 0 radical (unpaired) electrons. The second kappa shape index (κ2) is 5.90. The van der Waals surface area contributed by atoms with Crippen molar-refractivity contribution in [3.63, 3.8) is 0 Å². The molecule has 1 atom stereocenters. The molecule has 3 aromatic heterocycles. The van der Waals surface area contributed by atoms with Crippen LogP contribution < -0.4 is 5.32 Å². The van der Waals surface area contributed by atoms with Crippen LogP contribution in [-0.2, 0) is 13.0 Å². The molecule has 0 amide bonds. The Bertz CT molecular complexity index is 701. The Morgan fingerprint density at radius 2 is 2.24 bits per heavy atom. The first-order valence-electron chi connectivity index (χ1n) is 7.19. The number of nitrogens with zero attached hydrogens (tertiary/aromatic N) is 6. The molecule has 0 aliphatic carbocycles. The van der Waals surface area contributed by atoms with E-state index in [1.165, 1.54) is 0 Å². The molecule has 0 unspecified atom stereocenters. The van der Waals surface area contributed by atoms with Gasteiger partial charge in [0.1, 0.15) is 18.5 Å². The number of rotatable bonds is 6. The predicted molar refractivity (Wildman–Crippen MR) is 80.1 cm³/mol. The summed E-state index contributed by atoms with van der Waals surface area (Å²) in [6.07, 6.45) is 7.07. The van der Waals surface area contributed by atoms with Crippen LogP contribution in [0.2, 0.25) is 0 Å². The van der Waals surface area contributed by atoms with Crippen molar-refractivity contribution in [2.45, 2.75) is 39.3 Å². The summed E-state index contributed by atoms with van der Waals surface area (Å²) in [6.45, 7) is 5.01. The number of aryl methyl sites for hydroxylation is 1. The molecule has 0 spiro atoms. The zero-order valence-electron chi connectivity index (χ0n) is 12.3. The van der Waals surface area contributed by atoms with E-state index in [-0.39, 0.29) is 6.04 Å². The number of nitrogens with one attached hydrogen (secondary N) is 1. The third-order valence-corrected chi connectivity index (χ3v) is 3.24. The van der Waals surface area contributed by atoms with E-state index < -0.39 is 0 Å². The van der Waals surface area contributed by atoms with Crippen molar-refractivity contribution in [1.29, 1.82) is 0 Å². The summed E-state index contributed by atoms with van der Waals surface area (Å²) in [6, 6.07) is 4.20. The highest BCUT2D eigenvalue weighted by Gasteiger charge is 2.10. The lowest BCUT2D eigenvalue weighted by atomic mass is 10.2. The van der Waals surface area contributed by atoms with Crippen LogP contribution in [0.15, 0.2) is 31.0 Å². The minimum atomic E-state index is 0.205. The van der Waals surface area contributed by atoms with E-state index in [9.17, 15) is 0 Å². The average molecular weight is 285 g/mol. The smallest absolute Gasteiger partial charge is 0.157 e. The zero-order chi connectivity index (χ0) is 14.7. The lowest BCUT2D eigenvalue weighted by Gasteiger charge is -2.16. The Morgan fingerprint density at radius 1 is 1.33 bits per heavy atom. The largest absolute Gasteiger partial charge is 0.366 e. The van der Waals surface area contributed by atoms with Gasteiger partial charge in [0.15, 0.2) is 5.65 Å². The van der Waals surface area contributed by atoms with Crippen LogP contribution in [-0.4, -0.2) is 35.4 Å². The van der Waals surface area contributed by atoms with Gasteiger partial charge in [0.2, 0.25) is 0 Å². The SMILES string of the molecule is CCCc1cc(N[C@@H](C)Cn2cncn2)n2nccc2n1. The van der Waals surface area contributed by atoms with Gasteiger partial charge in [-0.05, 0) is 13.3 Å². The van der Waals surface area contributed by atoms with Gasteiger partial charge in [-0.2, -0.15) is 14.7 Å². The summed E-state index contributed by atoms with van der Waals surface area (Å²) in [5.41, 5.74) is 1.96. The van der Waals surface area contributed by atoms with Gasteiger partial charge in [-0.15, -0.1) is 0 Å². The molecule has 3 rings (SSSR count). The number of hydrogen-bond acceptors (Lipinski definition) is 5. The zero-order valence-corrected chi connectivity index (χ0v) is 12.3. The first-order valence-corrected chi connectivity index (χ1v) is 7.19. The maximum atomic E-state index is 4.60. The third-order valence-electron chi connectivity index (χ3n) is 3.24. The molecule has 7 nitrogen and oxygen atoms in total. The first kappa shape index (κ1) is 13.5. The number of aromatic nitrogens is 6. The molecule has 0 fully saturated rings.